The van der Waals surface area contributed by atoms with Gasteiger partial charge >= 0.3 is 0 Å². The molecule has 3 unspecified atom stereocenters. The van der Waals surface area contributed by atoms with Crippen molar-refractivity contribution in [3.8, 4) is 0 Å². The van der Waals surface area contributed by atoms with E-state index >= 15 is 0 Å². The van der Waals surface area contributed by atoms with Gasteiger partial charge in [-0.2, -0.15) is 0 Å². The third-order valence-corrected chi connectivity index (χ3v) is 6.56. The first-order valence-corrected chi connectivity index (χ1v) is 8.97. The zero-order chi connectivity index (χ0) is 14.6. The lowest BCUT2D eigenvalue weighted by atomic mass is 9.86. The van der Waals surface area contributed by atoms with E-state index in [0.29, 0.717) is 6.04 Å². The van der Waals surface area contributed by atoms with Gasteiger partial charge in [-0.3, -0.25) is 4.90 Å². The van der Waals surface area contributed by atoms with Crippen LogP contribution in [0.4, 0.5) is 0 Å². The molecule has 1 aromatic rings. The standard InChI is InChI=1S/C17H30N2S/c1-4-15-7-5-10-17(13-18,11-9-15)19(3)14(2)16-8-6-12-20-16/h6,8,12,14-15H,4-5,7,9-11,13,18H2,1-3H3. The Morgan fingerprint density at radius 1 is 1.45 bits per heavy atom. The summed E-state index contributed by atoms with van der Waals surface area (Å²) in [7, 11) is 2.28. The highest BCUT2D eigenvalue weighted by Gasteiger charge is 2.37. The molecule has 0 aliphatic heterocycles. The lowest BCUT2D eigenvalue weighted by molar-refractivity contribution is 0.0694. The smallest absolute Gasteiger partial charge is 0.0416 e. The van der Waals surface area contributed by atoms with E-state index in [2.05, 4.69) is 43.3 Å². The quantitative estimate of drug-likeness (QED) is 0.814. The highest BCUT2D eigenvalue weighted by atomic mass is 32.1. The maximum Gasteiger partial charge on any atom is 0.0416 e. The van der Waals surface area contributed by atoms with E-state index in [9.17, 15) is 0 Å². The molecule has 0 bridgehead atoms. The Kier molecular flexibility index (Phi) is 5.65. The van der Waals surface area contributed by atoms with E-state index in [-0.39, 0.29) is 5.54 Å². The minimum absolute atomic E-state index is 0.202. The maximum absolute atomic E-state index is 6.25. The molecular weight excluding hydrogens is 264 g/mol. The first kappa shape index (κ1) is 16.0. The van der Waals surface area contributed by atoms with Crippen molar-refractivity contribution in [3.05, 3.63) is 22.4 Å². The van der Waals surface area contributed by atoms with Gasteiger partial charge in [0, 0.05) is 23.0 Å². The zero-order valence-electron chi connectivity index (χ0n) is 13.3. The molecule has 1 aliphatic carbocycles. The van der Waals surface area contributed by atoms with Crippen molar-refractivity contribution in [2.75, 3.05) is 13.6 Å². The molecule has 2 N–H and O–H groups in total. The normalized spacial score (nSPS) is 29.4. The van der Waals surface area contributed by atoms with E-state index in [4.69, 9.17) is 5.73 Å². The summed E-state index contributed by atoms with van der Waals surface area (Å²) in [6.07, 6.45) is 7.90. The molecule has 2 rings (SSSR count). The fraction of sp³-hybridized carbons (Fsp3) is 0.765. The summed E-state index contributed by atoms with van der Waals surface area (Å²) >= 11 is 1.86. The topological polar surface area (TPSA) is 29.3 Å². The summed E-state index contributed by atoms with van der Waals surface area (Å²) in [5, 5.41) is 2.18. The molecule has 1 heterocycles. The van der Waals surface area contributed by atoms with Crippen LogP contribution in [0.5, 0.6) is 0 Å². The average Bonchev–Trinajstić information content (AvgIpc) is 2.92. The summed E-state index contributed by atoms with van der Waals surface area (Å²) in [5.74, 6) is 0.911. The van der Waals surface area contributed by atoms with Crippen LogP contribution in [0.3, 0.4) is 0 Å². The molecule has 3 heteroatoms. The first-order chi connectivity index (χ1) is 9.63. The molecule has 1 fully saturated rings. The Morgan fingerprint density at radius 3 is 2.85 bits per heavy atom. The van der Waals surface area contributed by atoms with Gasteiger partial charge in [0.15, 0.2) is 0 Å². The molecule has 3 atom stereocenters. The summed E-state index contributed by atoms with van der Waals surface area (Å²) in [6, 6.07) is 4.87. The Morgan fingerprint density at radius 2 is 2.25 bits per heavy atom. The zero-order valence-corrected chi connectivity index (χ0v) is 14.1. The van der Waals surface area contributed by atoms with Gasteiger partial charge in [0.05, 0.1) is 0 Å². The molecule has 0 saturated heterocycles. The van der Waals surface area contributed by atoms with Crippen LogP contribution < -0.4 is 5.73 Å². The summed E-state index contributed by atoms with van der Waals surface area (Å²) < 4.78 is 0. The van der Waals surface area contributed by atoms with Crippen molar-refractivity contribution in [2.45, 2.75) is 64.0 Å². The Hall–Kier alpha value is -0.380. The predicted octanol–water partition coefficient (Wildman–Crippen LogP) is 4.43. The van der Waals surface area contributed by atoms with Crippen molar-refractivity contribution < 1.29 is 0 Å². The summed E-state index contributed by atoms with van der Waals surface area (Å²) in [5.41, 5.74) is 6.45. The van der Waals surface area contributed by atoms with Gasteiger partial charge in [0.2, 0.25) is 0 Å². The number of nitrogens with zero attached hydrogens (tertiary/aromatic N) is 1. The summed E-state index contributed by atoms with van der Waals surface area (Å²) in [6.45, 7) is 5.44. The molecule has 114 valence electrons. The number of rotatable bonds is 5. The Labute approximate surface area is 128 Å². The number of thiophene rings is 1. The minimum atomic E-state index is 0.202. The lowest BCUT2D eigenvalue weighted by Crippen LogP contribution is -2.52. The molecule has 2 nitrogen and oxygen atoms in total. The number of nitrogens with two attached hydrogens (primary N) is 1. The minimum Gasteiger partial charge on any atom is -0.329 e. The molecule has 1 aliphatic rings. The molecule has 0 amide bonds. The number of likely N-dealkylation sites (N-methyl/N-ethyl adjacent to an activating group) is 1. The lowest BCUT2D eigenvalue weighted by Gasteiger charge is -2.44. The van der Waals surface area contributed by atoms with Crippen LogP contribution in [0, 0.1) is 5.92 Å². The third kappa shape index (κ3) is 3.26. The predicted molar refractivity (Wildman–Crippen MR) is 89.1 cm³/mol. The van der Waals surface area contributed by atoms with Gasteiger partial charge in [-0.05, 0) is 50.6 Å². The van der Waals surface area contributed by atoms with Gasteiger partial charge < -0.3 is 5.73 Å². The van der Waals surface area contributed by atoms with Crippen LogP contribution >= 0.6 is 11.3 Å². The SMILES string of the molecule is CCC1CCCC(CN)(N(C)C(C)c2cccs2)CC1. The molecule has 0 spiro atoms. The second-order valence-corrected chi connectivity index (χ2v) is 7.42. The van der Waals surface area contributed by atoms with Crippen molar-refractivity contribution in [2.24, 2.45) is 11.7 Å². The maximum atomic E-state index is 6.25. The molecule has 0 radical (unpaired) electrons. The van der Waals surface area contributed by atoms with E-state index in [1.165, 1.54) is 43.4 Å². The van der Waals surface area contributed by atoms with Crippen molar-refractivity contribution in [1.29, 1.82) is 0 Å². The van der Waals surface area contributed by atoms with Crippen LogP contribution in [0.2, 0.25) is 0 Å². The second kappa shape index (κ2) is 7.06. The van der Waals surface area contributed by atoms with Crippen LogP contribution in [0.1, 0.15) is 63.3 Å². The van der Waals surface area contributed by atoms with E-state index in [0.717, 1.165) is 12.5 Å². The fourth-order valence-electron chi connectivity index (χ4n) is 3.70. The van der Waals surface area contributed by atoms with Gasteiger partial charge in [0.25, 0.3) is 0 Å². The molecular formula is C17H30N2S. The third-order valence-electron chi connectivity index (χ3n) is 5.51. The number of hydrogen-bond acceptors (Lipinski definition) is 3. The highest BCUT2D eigenvalue weighted by molar-refractivity contribution is 7.10. The van der Waals surface area contributed by atoms with Crippen LogP contribution in [0.15, 0.2) is 17.5 Å². The molecule has 1 saturated carbocycles. The Balaban J connectivity index is 2.13. The van der Waals surface area contributed by atoms with E-state index in [1.54, 1.807) is 0 Å². The van der Waals surface area contributed by atoms with E-state index in [1.807, 2.05) is 11.3 Å². The largest absolute Gasteiger partial charge is 0.329 e. The average molecular weight is 295 g/mol. The van der Waals surface area contributed by atoms with E-state index < -0.39 is 0 Å². The van der Waals surface area contributed by atoms with Crippen LogP contribution in [-0.2, 0) is 0 Å². The van der Waals surface area contributed by atoms with Gasteiger partial charge in [0.1, 0.15) is 0 Å². The van der Waals surface area contributed by atoms with Gasteiger partial charge in [-0.25, -0.2) is 0 Å². The first-order valence-electron chi connectivity index (χ1n) is 8.09. The molecule has 0 aromatic carbocycles. The van der Waals surface area contributed by atoms with Gasteiger partial charge in [-0.15, -0.1) is 11.3 Å². The second-order valence-electron chi connectivity index (χ2n) is 6.44. The Bertz CT molecular complexity index is 390. The van der Waals surface area contributed by atoms with Crippen LogP contribution in [0.25, 0.3) is 0 Å². The number of hydrogen-bond donors (Lipinski definition) is 1. The summed E-state index contributed by atoms with van der Waals surface area (Å²) in [4.78, 5) is 4.02. The fourth-order valence-corrected chi connectivity index (χ4v) is 4.53. The van der Waals surface area contributed by atoms with Crippen molar-refractivity contribution >= 4 is 11.3 Å². The highest BCUT2D eigenvalue weighted by Crippen LogP contribution is 2.39. The molecule has 1 aromatic heterocycles. The monoisotopic (exact) mass is 294 g/mol. The van der Waals surface area contributed by atoms with Crippen molar-refractivity contribution in [1.82, 2.24) is 4.90 Å². The van der Waals surface area contributed by atoms with Crippen LogP contribution in [-0.4, -0.2) is 24.0 Å². The van der Waals surface area contributed by atoms with Gasteiger partial charge in [-0.1, -0.05) is 32.3 Å². The van der Waals surface area contributed by atoms with Crippen molar-refractivity contribution in [3.63, 3.8) is 0 Å². The molecule has 20 heavy (non-hydrogen) atoms.